The number of rotatable bonds is 4. The van der Waals surface area contributed by atoms with E-state index in [4.69, 9.17) is 4.74 Å². The number of aromatic hydroxyl groups is 1. The average molecular weight is 270 g/mol. The first-order chi connectivity index (χ1) is 9.60. The summed E-state index contributed by atoms with van der Waals surface area (Å²) in [6, 6.07) is 13.6. The molecule has 104 valence electrons. The molecule has 0 radical (unpaired) electrons. The summed E-state index contributed by atoms with van der Waals surface area (Å²) in [5.74, 6) is 0.459. The number of esters is 1. The van der Waals surface area contributed by atoms with Gasteiger partial charge in [0.15, 0.2) is 0 Å². The van der Waals surface area contributed by atoms with Crippen molar-refractivity contribution in [3.63, 3.8) is 0 Å². The third-order valence-electron chi connectivity index (χ3n) is 3.36. The number of hydrogen-bond donors (Lipinski definition) is 1. The quantitative estimate of drug-likeness (QED) is 0.671. The lowest BCUT2D eigenvalue weighted by molar-refractivity contribution is 0.0734. The van der Waals surface area contributed by atoms with Crippen LogP contribution in [0.4, 0.5) is 0 Å². The van der Waals surface area contributed by atoms with Crippen LogP contribution in [0.2, 0.25) is 0 Å². The Morgan fingerprint density at radius 1 is 1.20 bits per heavy atom. The minimum absolute atomic E-state index is 0.0717. The van der Waals surface area contributed by atoms with Crippen molar-refractivity contribution in [2.75, 3.05) is 0 Å². The number of phenolic OH excluding ortho intramolecular Hbond substituents is 1. The molecule has 0 spiro atoms. The molecule has 2 aromatic carbocycles. The molecule has 3 heteroatoms. The summed E-state index contributed by atoms with van der Waals surface area (Å²) in [6.45, 7) is 4.29. The van der Waals surface area contributed by atoms with Crippen molar-refractivity contribution in [3.8, 4) is 11.5 Å². The molecule has 1 atom stereocenters. The lowest BCUT2D eigenvalue weighted by Gasteiger charge is -2.09. The van der Waals surface area contributed by atoms with Gasteiger partial charge in [0.2, 0.25) is 0 Å². The minimum Gasteiger partial charge on any atom is -0.508 e. The second-order valence-corrected chi connectivity index (χ2v) is 4.82. The molecule has 2 aromatic rings. The molecule has 20 heavy (non-hydrogen) atoms. The number of carbonyl (C=O) groups excluding carboxylic acids is 1. The van der Waals surface area contributed by atoms with Crippen molar-refractivity contribution in [2.24, 2.45) is 0 Å². The summed E-state index contributed by atoms with van der Waals surface area (Å²) in [5.41, 5.74) is 1.71. The number of benzene rings is 2. The van der Waals surface area contributed by atoms with E-state index in [1.54, 1.807) is 24.3 Å². The molecule has 0 heterocycles. The number of ether oxygens (including phenoxy) is 1. The van der Waals surface area contributed by atoms with Crippen molar-refractivity contribution in [2.45, 2.75) is 26.2 Å². The van der Waals surface area contributed by atoms with Gasteiger partial charge < -0.3 is 9.84 Å². The molecule has 0 saturated carbocycles. The Labute approximate surface area is 118 Å². The highest BCUT2D eigenvalue weighted by molar-refractivity contribution is 5.91. The Balaban J connectivity index is 2.09. The van der Waals surface area contributed by atoms with Crippen LogP contribution in [0.25, 0.3) is 0 Å². The molecule has 0 fully saturated rings. The smallest absolute Gasteiger partial charge is 0.343 e. The van der Waals surface area contributed by atoms with Crippen molar-refractivity contribution < 1.29 is 14.6 Å². The highest BCUT2D eigenvalue weighted by Gasteiger charge is 2.10. The monoisotopic (exact) mass is 270 g/mol. The summed E-state index contributed by atoms with van der Waals surface area (Å²) in [5, 5.41) is 9.33. The maximum absolute atomic E-state index is 12.0. The van der Waals surface area contributed by atoms with Gasteiger partial charge in [0.25, 0.3) is 0 Å². The normalized spacial score (nSPS) is 11.9. The van der Waals surface area contributed by atoms with Gasteiger partial charge in [-0.05, 0) is 42.2 Å². The fraction of sp³-hybridized carbons (Fsp3) is 0.235. The summed E-state index contributed by atoms with van der Waals surface area (Å²) >= 11 is 0. The maximum Gasteiger partial charge on any atom is 0.343 e. The number of phenols is 1. The molecule has 0 amide bonds. The predicted octanol–water partition coefficient (Wildman–Crippen LogP) is 4.12. The SMILES string of the molecule is CCC(C)c1ccc(C(=O)Oc2cccc(O)c2)cc1. The number of carbonyl (C=O) groups is 1. The van der Waals surface area contributed by atoms with Gasteiger partial charge in [-0.25, -0.2) is 4.79 Å². The van der Waals surface area contributed by atoms with Crippen molar-refractivity contribution in [1.29, 1.82) is 0 Å². The van der Waals surface area contributed by atoms with E-state index >= 15 is 0 Å². The summed E-state index contributed by atoms with van der Waals surface area (Å²) in [7, 11) is 0. The topological polar surface area (TPSA) is 46.5 Å². The molecular formula is C17H18O3. The van der Waals surface area contributed by atoms with Crippen LogP contribution in [0.1, 0.15) is 42.1 Å². The Kier molecular flexibility index (Phi) is 4.41. The third-order valence-corrected chi connectivity index (χ3v) is 3.36. The Bertz CT molecular complexity index is 587. The van der Waals surface area contributed by atoms with Crippen LogP contribution in [0.3, 0.4) is 0 Å². The maximum atomic E-state index is 12.0. The molecule has 0 saturated heterocycles. The molecule has 0 aliphatic rings. The van der Waals surface area contributed by atoms with E-state index in [-0.39, 0.29) is 5.75 Å². The summed E-state index contributed by atoms with van der Waals surface area (Å²) in [6.07, 6.45) is 1.06. The predicted molar refractivity (Wildman–Crippen MR) is 78.2 cm³/mol. The summed E-state index contributed by atoms with van der Waals surface area (Å²) in [4.78, 5) is 12.0. The van der Waals surface area contributed by atoms with Crippen LogP contribution in [0, 0.1) is 0 Å². The van der Waals surface area contributed by atoms with Gasteiger partial charge in [-0.2, -0.15) is 0 Å². The zero-order valence-corrected chi connectivity index (χ0v) is 11.7. The van der Waals surface area contributed by atoms with Crippen LogP contribution >= 0.6 is 0 Å². The number of hydrogen-bond acceptors (Lipinski definition) is 3. The van der Waals surface area contributed by atoms with Gasteiger partial charge in [0.05, 0.1) is 5.56 Å². The Morgan fingerprint density at radius 3 is 2.50 bits per heavy atom. The third kappa shape index (κ3) is 3.38. The second kappa shape index (κ2) is 6.24. The average Bonchev–Trinajstić information content (AvgIpc) is 2.46. The van der Waals surface area contributed by atoms with Gasteiger partial charge >= 0.3 is 5.97 Å². The fourth-order valence-corrected chi connectivity index (χ4v) is 1.90. The van der Waals surface area contributed by atoms with E-state index in [9.17, 15) is 9.90 Å². The molecule has 0 bridgehead atoms. The van der Waals surface area contributed by atoms with E-state index in [0.717, 1.165) is 6.42 Å². The van der Waals surface area contributed by atoms with Crippen LogP contribution in [-0.4, -0.2) is 11.1 Å². The second-order valence-electron chi connectivity index (χ2n) is 4.82. The first kappa shape index (κ1) is 14.1. The van der Waals surface area contributed by atoms with Crippen LogP contribution < -0.4 is 4.74 Å². The highest BCUT2D eigenvalue weighted by Crippen LogP contribution is 2.21. The van der Waals surface area contributed by atoms with Crippen LogP contribution in [0.5, 0.6) is 11.5 Å². The van der Waals surface area contributed by atoms with E-state index in [1.165, 1.54) is 17.7 Å². The van der Waals surface area contributed by atoms with Crippen LogP contribution in [-0.2, 0) is 0 Å². The highest BCUT2D eigenvalue weighted by atomic mass is 16.5. The molecule has 3 nitrogen and oxygen atoms in total. The Morgan fingerprint density at radius 2 is 1.90 bits per heavy atom. The fourth-order valence-electron chi connectivity index (χ4n) is 1.90. The molecule has 0 aliphatic carbocycles. The van der Waals surface area contributed by atoms with E-state index < -0.39 is 5.97 Å². The molecule has 2 rings (SSSR count). The molecule has 0 aliphatic heterocycles. The van der Waals surface area contributed by atoms with Gasteiger partial charge in [-0.1, -0.05) is 32.0 Å². The molecule has 1 N–H and O–H groups in total. The first-order valence-electron chi connectivity index (χ1n) is 6.71. The molecule has 0 aromatic heterocycles. The van der Waals surface area contributed by atoms with Gasteiger partial charge in [-0.3, -0.25) is 0 Å². The molecular weight excluding hydrogens is 252 g/mol. The van der Waals surface area contributed by atoms with Crippen LogP contribution in [0.15, 0.2) is 48.5 Å². The zero-order chi connectivity index (χ0) is 14.5. The van der Waals surface area contributed by atoms with E-state index in [1.807, 2.05) is 12.1 Å². The van der Waals surface area contributed by atoms with E-state index in [2.05, 4.69) is 13.8 Å². The minimum atomic E-state index is -0.425. The molecule has 1 unspecified atom stereocenters. The van der Waals surface area contributed by atoms with Gasteiger partial charge in [0, 0.05) is 6.07 Å². The zero-order valence-electron chi connectivity index (χ0n) is 11.7. The van der Waals surface area contributed by atoms with Gasteiger partial charge in [-0.15, -0.1) is 0 Å². The lowest BCUT2D eigenvalue weighted by Crippen LogP contribution is -2.08. The van der Waals surface area contributed by atoms with Gasteiger partial charge in [0.1, 0.15) is 11.5 Å². The van der Waals surface area contributed by atoms with E-state index in [0.29, 0.717) is 17.2 Å². The van der Waals surface area contributed by atoms with Crippen molar-refractivity contribution in [1.82, 2.24) is 0 Å². The first-order valence-corrected chi connectivity index (χ1v) is 6.71. The summed E-state index contributed by atoms with van der Waals surface area (Å²) < 4.78 is 5.21. The standard InChI is InChI=1S/C17H18O3/c1-3-12(2)13-7-9-14(10-8-13)17(19)20-16-6-4-5-15(18)11-16/h4-12,18H,3H2,1-2H3. The van der Waals surface area contributed by atoms with Crippen molar-refractivity contribution >= 4 is 5.97 Å². The van der Waals surface area contributed by atoms with Crippen molar-refractivity contribution in [3.05, 3.63) is 59.7 Å². The lowest BCUT2D eigenvalue weighted by atomic mass is 9.98. The Hall–Kier alpha value is -2.29. The largest absolute Gasteiger partial charge is 0.508 e.